The minimum Gasteiger partial charge on any atom is -0.304 e. The molecule has 0 unspecified atom stereocenters. The lowest BCUT2D eigenvalue weighted by molar-refractivity contribution is 0.130. The van der Waals surface area contributed by atoms with Crippen molar-refractivity contribution in [1.29, 1.82) is 0 Å². The van der Waals surface area contributed by atoms with Crippen LogP contribution in [-0.4, -0.2) is 49.6 Å². The van der Waals surface area contributed by atoms with E-state index in [1.54, 1.807) is 0 Å². The average molecular weight is 206 g/mol. The quantitative estimate of drug-likeness (QED) is 0.631. The van der Waals surface area contributed by atoms with Crippen LogP contribution in [0.5, 0.6) is 0 Å². The molecule has 3 atom stereocenters. The first kappa shape index (κ1) is 9.86. The van der Waals surface area contributed by atoms with Crippen molar-refractivity contribution in [3.05, 3.63) is 12.2 Å². The number of piperazine rings is 1. The molecule has 84 valence electrons. The third-order valence-corrected chi connectivity index (χ3v) is 4.50. The van der Waals surface area contributed by atoms with E-state index < -0.39 is 0 Å². The summed E-state index contributed by atoms with van der Waals surface area (Å²) in [7, 11) is 2.23. The van der Waals surface area contributed by atoms with Crippen LogP contribution in [0.15, 0.2) is 12.2 Å². The van der Waals surface area contributed by atoms with Crippen molar-refractivity contribution < 1.29 is 0 Å². The van der Waals surface area contributed by atoms with Gasteiger partial charge in [0.1, 0.15) is 0 Å². The largest absolute Gasteiger partial charge is 0.304 e. The minimum atomic E-state index is 0.926. The van der Waals surface area contributed by atoms with Crippen molar-refractivity contribution in [2.75, 3.05) is 39.8 Å². The highest BCUT2D eigenvalue weighted by atomic mass is 15.2. The monoisotopic (exact) mass is 206 g/mol. The molecule has 0 aromatic heterocycles. The van der Waals surface area contributed by atoms with Gasteiger partial charge in [-0.05, 0) is 37.6 Å². The van der Waals surface area contributed by atoms with E-state index in [1.807, 2.05) is 0 Å². The van der Waals surface area contributed by atoms with Gasteiger partial charge in [0.05, 0.1) is 0 Å². The van der Waals surface area contributed by atoms with Crippen LogP contribution >= 0.6 is 0 Å². The predicted molar refractivity (Wildman–Crippen MR) is 62.8 cm³/mol. The van der Waals surface area contributed by atoms with Gasteiger partial charge in [-0.3, -0.25) is 0 Å². The second-order valence-corrected chi connectivity index (χ2v) is 5.64. The summed E-state index contributed by atoms with van der Waals surface area (Å²) in [6.07, 6.45) is 7.85. The standard InChI is InChI=1S/C13H22N2/c1-14-4-6-15(7-5-14)10-13-9-11-2-3-12(13)8-11/h2-3,11-13H,4-10H2,1H3/t11-,12-,13+/m0/s1. The van der Waals surface area contributed by atoms with Gasteiger partial charge in [0, 0.05) is 32.7 Å². The Hall–Kier alpha value is -0.340. The Kier molecular flexibility index (Phi) is 2.57. The molecule has 1 saturated heterocycles. The normalized spacial score (nSPS) is 41.5. The van der Waals surface area contributed by atoms with E-state index in [9.17, 15) is 0 Å². The van der Waals surface area contributed by atoms with Crippen LogP contribution in [0.3, 0.4) is 0 Å². The highest BCUT2D eigenvalue weighted by molar-refractivity contribution is 5.10. The van der Waals surface area contributed by atoms with Gasteiger partial charge in [-0.25, -0.2) is 0 Å². The molecule has 2 fully saturated rings. The van der Waals surface area contributed by atoms with Gasteiger partial charge in [0.2, 0.25) is 0 Å². The zero-order valence-corrected chi connectivity index (χ0v) is 9.73. The fourth-order valence-corrected chi connectivity index (χ4v) is 3.47. The summed E-state index contributed by atoms with van der Waals surface area (Å²) in [5.41, 5.74) is 0. The Morgan fingerprint density at radius 1 is 1.07 bits per heavy atom. The Morgan fingerprint density at radius 2 is 1.87 bits per heavy atom. The van der Waals surface area contributed by atoms with Gasteiger partial charge < -0.3 is 9.80 Å². The molecule has 1 heterocycles. The number of hydrogen-bond acceptors (Lipinski definition) is 2. The number of allylic oxidation sites excluding steroid dienone is 2. The number of nitrogens with zero attached hydrogens (tertiary/aromatic N) is 2. The summed E-state index contributed by atoms with van der Waals surface area (Å²) < 4.78 is 0. The maximum atomic E-state index is 2.68. The van der Waals surface area contributed by atoms with Gasteiger partial charge >= 0.3 is 0 Å². The molecule has 0 spiro atoms. The lowest BCUT2D eigenvalue weighted by Crippen LogP contribution is -2.46. The van der Waals surface area contributed by atoms with Crippen molar-refractivity contribution in [3.8, 4) is 0 Å². The number of fused-ring (bicyclic) bond motifs is 2. The molecule has 0 aromatic rings. The van der Waals surface area contributed by atoms with E-state index in [0.717, 1.165) is 17.8 Å². The first-order chi connectivity index (χ1) is 7.31. The van der Waals surface area contributed by atoms with Crippen LogP contribution < -0.4 is 0 Å². The Labute approximate surface area is 92.9 Å². The minimum absolute atomic E-state index is 0.926. The van der Waals surface area contributed by atoms with E-state index in [2.05, 4.69) is 29.0 Å². The second-order valence-electron chi connectivity index (χ2n) is 5.64. The van der Waals surface area contributed by atoms with Crippen LogP contribution in [0.25, 0.3) is 0 Å². The molecule has 2 bridgehead atoms. The molecule has 1 saturated carbocycles. The van der Waals surface area contributed by atoms with E-state index >= 15 is 0 Å². The fraction of sp³-hybridized carbons (Fsp3) is 0.846. The second kappa shape index (κ2) is 3.91. The summed E-state index contributed by atoms with van der Waals surface area (Å²) in [5.74, 6) is 2.84. The smallest absolute Gasteiger partial charge is 0.0110 e. The maximum absolute atomic E-state index is 2.68. The van der Waals surface area contributed by atoms with Crippen LogP contribution in [0, 0.1) is 17.8 Å². The summed E-state index contributed by atoms with van der Waals surface area (Å²) in [5, 5.41) is 0. The molecule has 2 heteroatoms. The molecular formula is C13H22N2. The summed E-state index contributed by atoms with van der Waals surface area (Å²) in [6, 6.07) is 0. The van der Waals surface area contributed by atoms with Gasteiger partial charge in [-0.1, -0.05) is 12.2 Å². The van der Waals surface area contributed by atoms with Crippen LogP contribution in [0.4, 0.5) is 0 Å². The zero-order valence-electron chi connectivity index (χ0n) is 9.73. The first-order valence-corrected chi connectivity index (χ1v) is 6.40. The highest BCUT2D eigenvalue weighted by Gasteiger charge is 2.36. The van der Waals surface area contributed by atoms with E-state index in [1.165, 1.54) is 45.6 Å². The van der Waals surface area contributed by atoms with E-state index in [0.29, 0.717) is 0 Å². The molecule has 2 nitrogen and oxygen atoms in total. The highest BCUT2D eigenvalue weighted by Crippen LogP contribution is 2.43. The van der Waals surface area contributed by atoms with Crippen molar-refractivity contribution in [2.45, 2.75) is 12.8 Å². The lowest BCUT2D eigenvalue weighted by Gasteiger charge is -2.35. The summed E-state index contributed by atoms with van der Waals surface area (Å²) >= 11 is 0. The lowest BCUT2D eigenvalue weighted by atomic mass is 9.93. The zero-order chi connectivity index (χ0) is 10.3. The van der Waals surface area contributed by atoms with Gasteiger partial charge in [0.15, 0.2) is 0 Å². The molecule has 0 amide bonds. The number of hydrogen-bond donors (Lipinski definition) is 0. The average Bonchev–Trinajstić information content (AvgIpc) is 2.83. The molecule has 15 heavy (non-hydrogen) atoms. The Bertz CT molecular complexity index is 253. The number of rotatable bonds is 2. The molecular weight excluding hydrogens is 184 g/mol. The molecule has 0 radical (unpaired) electrons. The van der Waals surface area contributed by atoms with Crippen LogP contribution in [0.1, 0.15) is 12.8 Å². The van der Waals surface area contributed by atoms with Crippen molar-refractivity contribution >= 4 is 0 Å². The van der Waals surface area contributed by atoms with E-state index in [4.69, 9.17) is 0 Å². The maximum Gasteiger partial charge on any atom is 0.0110 e. The molecule has 1 aliphatic heterocycles. The predicted octanol–water partition coefficient (Wildman–Crippen LogP) is 1.45. The number of likely N-dealkylation sites (N-methyl/N-ethyl adjacent to an activating group) is 1. The molecule has 0 N–H and O–H groups in total. The molecule has 3 aliphatic rings. The first-order valence-electron chi connectivity index (χ1n) is 6.40. The van der Waals surface area contributed by atoms with Crippen LogP contribution in [0.2, 0.25) is 0 Å². The van der Waals surface area contributed by atoms with E-state index in [-0.39, 0.29) is 0 Å². The van der Waals surface area contributed by atoms with Gasteiger partial charge in [-0.15, -0.1) is 0 Å². The summed E-state index contributed by atoms with van der Waals surface area (Å²) in [4.78, 5) is 5.12. The summed E-state index contributed by atoms with van der Waals surface area (Å²) in [6.45, 7) is 6.45. The van der Waals surface area contributed by atoms with Crippen LogP contribution in [-0.2, 0) is 0 Å². The molecule has 2 aliphatic carbocycles. The van der Waals surface area contributed by atoms with Gasteiger partial charge in [0.25, 0.3) is 0 Å². The third kappa shape index (κ3) is 1.98. The van der Waals surface area contributed by atoms with Crippen molar-refractivity contribution in [1.82, 2.24) is 9.80 Å². The SMILES string of the molecule is CN1CCN(C[C@H]2C[C@H]3C=C[C@H]2C3)CC1. The Morgan fingerprint density at radius 3 is 2.47 bits per heavy atom. The fourth-order valence-electron chi connectivity index (χ4n) is 3.47. The topological polar surface area (TPSA) is 6.48 Å². The Balaban J connectivity index is 1.51. The molecule has 0 aromatic carbocycles. The van der Waals surface area contributed by atoms with Crippen molar-refractivity contribution in [3.63, 3.8) is 0 Å². The third-order valence-electron chi connectivity index (χ3n) is 4.50. The molecule has 3 rings (SSSR count). The van der Waals surface area contributed by atoms with Gasteiger partial charge in [-0.2, -0.15) is 0 Å². The van der Waals surface area contributed by atoms with Crippen molar-refractivity contribution in [2.24, 2.45) is 17.8 Å².